The minimum atomic E-state index is -0.145. The van der Waals surface area contributed by atoms with Gasteiger partial charge in [0.05, 0.1) is 5.92 Å². The summed E-state index contributed by atoms with van der Waals surface area (Å²) in [5.74, 6) is 1.27. The topological polar surface area (TPSA) is 56.0 Å². The predicted molar refractivity (Wildman–Crippen MR) is 54.6 cm³/mol. The molecule has 4 nitrogen and oxygen atoms in total. The van der Waals surface area contributed by atoms with Gasteiger partial charge in [-0.25, -0.2) is 0 Å². The van der Waals surface area contributed by atoms with Crippen molar-refractivity contribution < 1.29 is 9.32 Å². The fourth-order valence-corrected chi connectivity index (χ4v) is 1.76. The van der Waals surface area contributed by atoms with Crippen LogP contribution in [0.5, 0.6) is 0 Å². The highest BCUT2D eigenvalue weighted by Gasteiger charge is 2.32. The normalized spacial score (nSPS) is 22.3. The molecule has 0 aliphatic heterocycles. The van der Waals surface area contributed by atoms with Gasteiger partial charge in [-0.15, -0.1) is 0 Å². The summed E-state index contributed by atoms with van der Waals surface area (Å²) < 4.78 is 5.16. The van der Waals surface area contributed by atoms with Gasteiger partial charge in [-0.2, -0.15) is 4.98 Å². The zero-order valence-electron chi connectivity index (χ0n) is 9.41. The Bertz CT molecular complexity index is 376. The quantitative estimate of drug-likeness (QED) is 0.710. The van der Waals surface area contributed by atoms with Crippen molar-refractivity contribution in [1.29, 1.82) is 0 Å². The molecule has 1 heterocycles. The van der Waals surface area contributed by atoms with Crippen molar-refractivity contribution in [3.63, 3.8) is 0 Å². The average molecular weight is 208 g/mol. The molecule has 1 aromatic rings. The molecule has 1 unspecified atom stereocenters. The van der Waals surface area contributed by atoms with E-state index >= 15 is 0 Å². The third kappa shape index (κ3) is 1.94. The molecule has 0 aromatic carbocycles. The molecular formula is C11H16N2O2. The first-order chi connectivity index (χ1) is 6.98. The van der Waals surface area contributed by atoms with Crippen LogP contribution in [0.3, 0.4) is 0 Å². The molecular weight excluding hydrogens is 192 g/mol. The molecule has 1 saturated carbocycles. The molecule has 1 atom stereocenters. The van der Waals surface area contributed by atoms with Gasteiger partial charge in [0, 0.05) is 11.8 Å². The van der Waals surface area contributed by atoms with Crippen LogP contribution in [0.1, 0.15) is 57.7 Å². The Morgan fingerprint density at radius 2 is 2.13 bits per heavy atom. The molecule has 0 bridgehead atoms. The van der Waals surface area contributed by atoms with Crippen LogP contribution in [0.4, 0.5) is 0 Å². The molecule has 4 heteroatoms. The van der Waals surface area contributed by atoms with E-state index in [4.69, 9.17) is 4.52 Å². The van der Waals surface area contributed by atoms with Crippen LogP contribution in [-0.2, 0) is 10.2 Å². The molecule has 15 heavy (non-hydrogen) atoms. The Labute approximate surface area is 89.1 Å². The summed E-state index contributed by atoms with van der Waals surface area (Å²) in [4.78, 5) is 15.8. The number of carbonyl (C=O) groups is 1. The fraction of sp³-hybridized carbons (Fsp3) is 0.727. The molecule has 1 aromatic heterocycles. The van der Waals surface area contributed by atoms with E-state index < -0.39 is 0 Å². The molecule has 2 rings (SSSR count). The molecule has 0 spiro atoms. The van der Waals surface area contributed by atoms with E-state index in [0.717, 1.165) is 12.8 Å². The van der Waals surface area contributed by atoms with Gasteiger partial charge >= 0.3 is 0 Å². The highest BCUT2D eigenvalue weighted by atomic mass is 16.5. The second-order valence-corrected chi connectivity index (χ2v) is 5.12. The van der Waals surface area contributed by atoms with E-state index in [-0.39, 0.29) is 17.1 Å². The maximum Gasteiger partial charge on any atom is 0.237 e. The van der Waals surface area contributed by atoms with Crippen LogP contribution >= 0.6 is 0 Å². The summed E-state index contributed by atoms with van der Waals surface area (Å²) in [6.45, 7) is 6.08. The number of aromatic nitrogens is 2. The first-order valence-corrected chi connectivity index (χ1v) is 5.35. The van der Waals surface area contributed by atoms with Crippen molar-refractivity contribution in [3.05, 3.63) is 11.7 Å². The largest absolute Gasteiger partial charge is 0.339 e. The number of Topliss-reactive ketones (excluding diaryl/α,β-unsaturated/α-hetero) is 1. The van der Waals surface area contributed by atoms with Gasteiger partial charge < -0.3 is 4.52 Å². The van der Waals surface area contributed by atoms with E-state index in [1.54, 1.807) is 0 Å². The minimum absolute atomic E-state index is 0.122. The summed E-state index contributed by atoms with van der Waals surface area (Å²) in [6.07, 6.45) is 2.44. The number of carbonyl (C=O) groups excluding carboxylic acids is 1. The monoisotopic (exact) mass is 208 g/mol. The van der Waals surface area contributed by atoms with E-state index in [1.807, 2.05) is 20.8 Å². The van der Waals surface area contributed by atoms with Gasteiger partial charge in [-0.3, -0.25) is 4.79 Å². The molecule has 1 fully saturated rings. The summed E-state index contributed by atoms with van der Waals surface area (Å²) in [7, 11) is 0. The van der Waals surface area contributed by atoms with Gasteiger partial charge in [-0.1, -0.05) is 25.9 Å². The van der Waals surface area contributed by atoms with Gasteiger partial charge in [0.1, 0.15) is 5.78 Å². The zero-order chi connectivity index (χ0) is 11.1. The molecule has 1 aliphatic rings. The molecule has 1 aliphatic carbocycles. The summed E-state index contributed by atoms with van der Waals surface area (Å²) in [6, 6.07) is 0. The molecule has 0 saturated heterocycles. The summed E-state index contributed by atoms with van der Waals surface area (Å²) >= 11 is 0. The lowest BCUT2D eigenvalue weighted by Crippen LogP contribution is -2.14. The van der Waals surface area contributed by atoms with Crippen LogP contribution in [0.2, 0.25) is 0 Å². The standard InChI is InChI=1S/C11H16N2O2/c1-11(2,3)10-12-9(15-13-10)7-5-4-6-8(7)14/h7H,4-6H2,1-3H3. The number of hydrogen-bond donors (Lipinski definition) is 0. The van der Waals surface area contributed by atoms with Gasteiger partial charge in [-0.05, 0) is 12.8 Å². The molecule has 0 N–H and O–H groups in total. The first kappa shape index (κ1) is 10.3. The van der Waals surface area contributed by atoms with Crippen molar-refractivity contribution in [2.24, 2.45) is 0 Å². The molecule has 82 valence electrons. The highest BCUT2D eigenvalue weighted by Crippen LogP contribution is 2.31. The zero-order valence-corrected chi connectivity index (χ0v) is 9.41. The number of ketones is 1. The second kappa shape index (κ2) is 3.43. The fourth-order valence-electron chi connectivity index (χ4n) is 1.76. The van der Waals surface area contributed by atoms with Crippen LogP contribution in [0.15, 0.2) is 4.52 Å². The van der Waals surface area contributed by atoms with Crippen molar-refractivity contribution in [2.45, 2.75) is 51.4 Å². The maximum absolute atomic E-state index is 11.5. The SMILES string of the molecule is CC(C)(C)c1noc(C2CCCC2=O)n1. The lowest BCUT2D eigenvalue weighted by atomic mass is 9.96. The number of nitrogens with zero attached hydrogens (tertiary/aromatic N) is 2. The van der Waals surface area contributed by atoms with E-state index in [0.29, 0.717) is 18.1 Å². The molecule has 0 amide bonds. The third-order valence-electron chi connectivity index (χ3n) is 2.72. The Morgan fingerprint density at radius 3 is 2.60 bits per heavy atom. The summed E-state index contributed by atoms with van der Waals surface area (Å²) in [5, 5.41) is 3.93. The number of hydrogen-bond acceptors (Lipinski definition) is 4. The van der Waals surface area contributed by atoms with E-state index in [2.05, 4.69) is 10.1 Å². The van der Waals surface area contributed by atoms with Crippen molar-refractivity contribution in [3.8, 4) is 0 Å². The lowest BCUT2D eigenvalue weighted by molar-refractivity contribution is -0.119. The van der Waals surface area contributed by atoms with E-state index in [1.165, 1.54) is 0 Å². The Hall–Kier alpha value is -1.19. The number of rotatable bonds is 1. The van der Waals surface area contributed by atoms with Crippen molar-refractivity contribution >= 4 is 5.78 Å². The first-order valence-electron chi connectivity index (χ1n) is 5.35. The van der Waals surface area contributed by atoms with E-state index in [9.17, 15) is 4.79 Å². The van der Waals surface area contributed by atoms with Crippen molar-refractivity contribution in [2.75, 3.05) is 0 Å². The summed E-state index contributed by atoms with van der Waals surface area (Å²) in [5.41, 5.74) is -0.122. The Balaban J connectivity index is 2.24. The minimum Gasteiger partial charge on any atom is -0.339 e. The van der Waals surface area contributed by atoms with Crippen LogP contribution in [0, 0.1) is 0 Å². The Morgan fingerprint density at radius 1 is 1.40 bits per heavy atom. The highest BCUT2D eigenvalue weighted by molar-refractivity contribution is 5.86. The van der Waals surface area contributed by atoms with Gasteiger partial charge in [0.15, 0.2) is 5.82 Å². The van der Waals surface area contributed by atoms with Crippen LogP contribution in [-0.4, -0.2) is 15.9 Å². The second-order valence-electron chi connectivity index (χ2n) is 5.12. The maximum atomic E-state index is 11.5. The van der Waals surface area contributed by atoms with Gasteiger partial charge in [0.2, 0.25) is 5.89 Å². The lowest BCUT2D eigenvalue weighted by Gasteiger charge is -2.11. The predicted octanol–water partition coefficient (Wildman–Crippen LogP) is 2.20. The van der Waals surface area contributed by atoms with Crippen LogP contribution < -0.4 is 0 Å². The van der Waals surface area contributed by atoms with Crippen LogP contribution in [0.25, 0.3) is 0 Å². The third-order valence-corrected chi connectivity index (χ3v) is 2.72. The average Bonchev–Trinajstić information content (AvgIpc) is 2.69. The van der Waals surface area contributed by atoms with Gasteiger partial charge in [0.25, 0.3) is 0 Å². The Kier molecular flexibility index (Phi) is 2.37. The van der Waals surface area contributed by atoms with Crippen molar-refractivity contribution in [1.82, 2.24) is 10.1 Å². The smallest absolute Gasteiger partial charge is 0.237 e. The molecule has 0 radical (unpaired) electrons.